The molecule has 2 aromatic carbocycles. The zero-order valence-corrected chi connectivity index (χ0v) is 12.9. The molecule has 0 N–H and O–H groups in total. The third-order valence-electron chi connectivity index (χ3n) is 3.20. The van der Waals surface area contributed by atoms with E-state index in [9.17, 15) is 0 Å². The summed E-state index contributed by atoms with van der Waals surface area (Å²) in [5.74, 6) is 0.811. The van der Waals surface area contributed by atoms with Crippen LogP contribution < -0.4 is 0 Å². The minimum absolute atomic E-state index is 0.249. The number of hydrogen-bond acceptors (Lipinski definition) is 0. The van der Waals surface area contributed by atoms with Gasteiger partial charge in [0.2, 0.25) is 0 Å². The average Bonchev–Trinajstić information content (AvgIpc) is 2.39. The highest BCUT2D eigenvalue weighted by Crippen LogP contribution is 2.27. The van der Waals surface area contributed by atoms with E-state index in [2.05, 4.69) is 12.1 Å². The Labute approximate surface area is 129 Å². The maximum absolute atomic E-state index is 6.28. The minimum Gasteiger partial charge on any atom is -0.126 e. The first kappa shape index (κ1) is 14.7. The van der Waals surface area contributed by atoms with E-state index in [1.165, 1.54) is 11.1 Å². The predicted molar refractivity (Wildman–Crippen MR) is 84.8 cm³/mol. The molecule has 19 heavy (non-hydrogen) atoms. The van der Waals surface area contributed by atoms with Gasteiger partial charge in [-0.2, -0.15) is 0 Å². The molecule has 1 atom stereocenters. The summed E-state index contributed by atoms with van der Waals surface area (Å²) in [6.45, 7) is 2.04. The third-order valence-corrected chi connectivity index (χ3v) is 4.18. The highest BCUT2D eigenvalue weighted by Gasteiger charge is 2.13. The summed E-state index contributed by atoms with van der Waals surface area (Å²) in [6, 6.07) is 14.0. The smallest absolute Gasteiger partial charge is 0.0440 e. The van der Waals surface area contributed by atoms with Crippen LogP contribution >= 0.6 is 34.8 Å². The van der Waals surface area contributed by atoms with E-state index in [4.69, 9.17) is 34.8 Å². The van der Waals surface area contributed by atoms with E-state index in [-0.39, 0.29) is 5.92 Å². The highest BCUT2D eigenvalue weighted by atomic mass is 35.5. The first-order chi connectivity index (χ1) is 9.10. The van der Waals surface area contributed by atoms with E-state index in [1.807, 2.05) is 37.3 Å². The van der Waals surface area contributed by atoms with Crippen LogP contribution in [-0.4, -0.2) is 5.88 Å². The van der Waals surface area contributed by atoms with Crippen LogP contribution in [0.5, 0.6) is 0 Å². The summed E-state index contributed by atoms with van der Waals surface area (Å²) in [6.07, 6.45) is 0.838. The van der Waals surface area contributed by atoms with Gasteiger partial charge in [0.15, 0.2) is 0 Å². The maximum Gasteiger partial charge on any atom is 0.0440 e. The number of halogens is 3. The summed E-state index contributed by atoms with van der Waals surface area (Å²) in [5, 5.41) is 1.55. The second-order valence-corrected chi connectivity index (χ2v) is 5.85. The summed E-state index contributed by atoms with van der Waals surface area (Å²) < 4.78 is 0. The van der Waals surface area contributed by atoms with Crippen molar-refractivity contribution in [1.82, 2.24) is 0 Å². The Kier molecular flexibility index (Phi) is 5.15. The van der Waals surface area contributed by atoms with Crippen LogP contribution in [0.15, 0.2) is 42.5 Å². The van der Waals surface area contributed by atoms with Gasteiger partial charge < -0.3 is 0 Å². The van der Waals surface area contributed by atoms with Crippen molar-refractivity contribution in [1.29, 1.82) is 0 Å². The van der Waals surface area contributed by atoms with Gasteiger partial charge in [-0.25, -0.2) is 0 Å². The molecule has 2 aromatic rings. The fourth-order valence-corrected chi connectivity index (χ4v) is 2.81. The van der Waals surface area contributed by atoms with E-state index in [0.717, 1.165) is 22.0 Å². The van der Waals surface area contributed by atoms with Crippen LogP contribution in [0.1, 0.15) is 22.6 Å². The lowest BCUT2D eigenvalue weighted by molar-refractivity contribution is 0.766. The molecule has 1 unspecified atom stereocenters. The molecule has 2 rings (SSSR count). The number of aryl methyl sites for hydroxylation is 1. The lowest BCUT2D eigenvalue weighted by Gasteiger charge is -2.16. The summed E-state index contributed by atoms with van der Waals surface area (Å²) in [5.41, 5.74) is 3.49. The zero-order valence-electron chi connectivity index (χ0n) is 10.7. The van der Waals surface area contributed by atoms with Crippen molar-refractivity contribution in [3.63, 3.8) is 0 Å². The molecular formula is C16H15Cl3. The molecule has 0 saturated carbocycles. The second-order valence-electron chi connectivity index (χ2n) is 4.70. The van der Waals surface area contributed by atoms with Crippen molar-refractivity contribution >= 4 is 34.8 Å². The Balaban J connectivity index is 2.21. The predicted octanol–water partition coefficient (Wildman–Crippen LogP) is 5.87. The molecule has 0 aliphatic rings. The fourth-order valence-electron chi connectivity index (χ4n) is 2.08. The summed E-state index contributed by atoms with van der Waals surface area (Å²) in [4.78, 5) is 0. The van der Waals surface area contributed by atoms with Crippen molar-refractivity contribution < 1.29 is 0 Å². The molecule has 0 aromatic heterocycles. The quantitative estimate of drug-likeness (QED) is 0.619. The number of hydrogen-bond donors (Lipinski definition) is 0. The molecule has 100 valence electrons. The lowest BCUT2D eigenvalue weighted by atomic mass is 9.93. The Morgan fingerprint density at radius 3 is 2.26 bits per heavy atom. The van der Waals surface area contributed by atoms with Crippen LogP contribution in [0.4, 0.5) is 0 Å². The monoisotopic (exact) mass is 312 g/mol. The lowest BCUT2D eigenvalue weighted by Crippen LogP contribution is -2.05. The van der Waals surface area contributed by atoms with E-state index < -0.39 is 0 Å². The van der Waals surface area contributed by atoms with E-state index >= 15 is 0 Å². The van der Waals surface area contributed by atoms with Crippen LogP contribution in [-0.2, 0) is 6.42 Å². The van der Waals surface area contributed by atoms with Gasteiger partial charge in [0.05, 0.1) is 0 Å². The third kappa shape index (κ3) is 3.89. The summed E-state index contributed by atoms with van der Waals surface area (Å²) in [7, 11) is 0. The molecule has 0 nitrogen and oxygen atoms in total. The average molecular weight is 314 g/mol. The molecular weight excluding hydrogens is 299 g/mol. The van der Waals surface area contributed by atoms with Crippen LogP contribution in [0.25, 0.3) is 0 Å². The standard InChI is InChI=1S/C16H15Cl3/c1-11-2-3-13(16(19)8-11)9-14(10-17)12-4-6-15(18)7-5-12/h2-8,14H,9-10H2,1H3. The van der Waals surface area contributed by atoms with Crippen molar-refractivity contribution in [3.05, 3.63) is 69.2 Å². The Morgan fingerprint density at radius 2 is 1.68 bits per heavy atom. The van der Waals surface area contributed by atoms with E-state index in [1.54, 1.807) is 0 Å². The first-order valence-electron chi connectivity index (χ1n) is 6.16. The van der Waals surface area contributed by atoms with Gasteiger partial charge >= 0.3 is 0 Å². The van der Waals surface area contributed by atoms with Gasteiger partial charge in [-0.3, -0.25) is 0 Å². The Bertz CT molecular complexity index is 546. The van der Waals surface area contributed by atoms with Gasteiger partial charge in [-0.1, -0.05) is 47.5 Å². The zero-order chi connectivity index (χ0) is 13.8. The van der Waals surface area contributed by atoms with Crippen molar-refractivity contribution in [2.45, 2.75) is 19.3 Å². The van der Waals surface area contributed by atoms with Gasteiger partial charge in [-0.05, 0) is 48.2 Å². The van der Waals surface area contributed by atoms with Crippen molar-refractivity contribution in [3.8, 4) is 0 Å². The molecule has 0 spiro atoms. The van der Waals surface area contributed by atoms with Gasteiger partial charge in [0, 0.05) is 21.8 Å². The summed E-state index contributed by atoms with van der Waals surface area (Å²) >= 11 is 18.3. The largest absolute Gasteiger partial charge is 0.126 e. The van der Waals surface area contributed by atoms with Crippen molar-refractivity contribution in [2.75, 3.05) is 5.88 Å². The second kappa shape index (κ2) is 6.65. The molecule has 0 saturated heterocycles. The number of benzene rings is 2. The van der Waals surface area contributed by atoms with Crippen LogP contribution in [0, 0.1) is 6.92 Å². The fraction of sp³-hybridized carbons (Fsp3) is 0.250. The van der Waals surface area contributed by atoms with Gasteiger partial charge in [-0.15, -0.1) is 11.6 Å². The molecule has 0 radical (unpaired) electrons. The van der Waals surface area contributed by atoms with Crippen molar-refractivity contribution in [2.24, 2.45) is 0 Å². The van der Waals surface area contributed by atoms with Crippen LogP contribution in [0.2, 0.25) is 10.0 Å². The maximum atomic E-state index is 6.28. The van der Waals surface area contributed by atoms with Crippen LogP contribution in [0.3, 0.4) is 0 Å². The molecule has 0 amide bonds. The molecule has 3 heteroatoms. The first-order valence-corrected chi connectivity index (χ1v) is 7.45. The SMILES string of the molecule is Cc1ccc(CC(CCl)c2ccc(Cl)cc2)c(Cl)c1. The van der Waals surface area contributed by atoms with Gasteiger partial charge in [0.25, 0.3) is 0 Å². The number of rotatable bonds is 4. The number of alkyl halides is 1. The Hall–Kier alpha value is -0.690. The molecule has 0 aliphatic carbocycles. The van der Waals surface area contributed by atoms with Gasteiger partial charge in [0.1, 0.15) is 0 Å². The Morgan fingerprint density at radius 1 is 1.00 bits per heavy atom. The van der Waals surface area contributed by atoms with E-state index in [0.29, 0.717) is 5.88 Å². The molecule has 0 aliphatic heterocycles. The molecule has 0 bridgehead atoms. The highest BCUT2D eigenvalue weighted by molar-refractivity contribution is 6.31. The minimum atomic E-state index is 0.249. The molecule has 0 fully saturated rings. The normalized spacial score (nSPS) is 12.4. The molecule has 0 heterocycles. The topological polar surface area (TPSA) is 0 Å².